The van der Waals surface area contributed by atoms with E-state index in [1.807, 2.05) is 18.2 Å². The lowest BCUT2D eigenvalue weighted by atomic mass is 10.1. The summed E-state index contributed by atoms with van der Waals surface area (Å²) in [4.78, 5) is 17.4. The first-order chi connectivity index (χ1) is 13.6. The van der Waals surface area contributed by atoms with Crippen LogP contribution in [0.25, 0.3) is 0 Å². The van der Waals surface area contributed by atoms with Crippen LogP contribution >= 0.6 is 11.6 Å². The predicted molar refractivity (Wildman–Crippen MR) is 108 cm³/mol. The number of fused-ring (bicyclic) bond motifs is 1. The molecule has 148 valence electrons. The molecule has 0 aromatic heterocycles. The number of methoxy groups -OCH3 is 3. The van der Waals surface area contributed by atoms with Gasteiger partial charge in [0.1, 0.15) is 11.9 Å². The van der Waals surface area contributed by atoms with Crippen LogP contribution in [0, 0.1) is 0 Å². The van der Waals surface area contributed by atoms with Crippen LogP contribution in [-0.2, 0) is 4.79 Å². The van der Waals surface area contributed by atoms with Crippen LogP contribution in [0.15, 0.2) is 36.4 Å². The first kappa shape index (κ1) is 18.9. The van der Waals surface area contributed by atoms with Crippen molar-refractivity contribution in [2.75, 3.05) is 32.8 Å². The highest BCUT2D eigenvalue weighted by atomic mass is 35.5. The minimum absolute atomic E-state index is 0.0490. The van der Waals surface area contributed by atoms with Crippen molar-refractivity contribution in [1.29, 1.82) is 0 Å². The normalized spacial score (nSPS) is 21.7. The molecule has 4 rings (SSSR count). The molecule has 2 aromatic carbocycles. The quantitative estimate of drug-likeness (QED) is 0.759. The lowest BCUT2D eigenvalue weighted by Gasteiger charge is -2.31. The molecule has 1 amide bonds. The Bertz CT molecular complexity index is 904. The molecule has 0 saturated carbocycles. The molecule has 2 aromatic rings. The summed E-state index contributed by atoms with van der Waals surface area (Å²) >= 11 is 6.27. The fraction of sp³-hybridized carbons (Fsp3) is 0.381. The van der Waals surface area contributed by atoms with Crippen molar-refractivity contribution in [3.63, 3.8) is 0 Å². The third kappa shape index (κ3) is 2.88. The van der Waals surface area contributed by atoms with E-state index in [9.17, 15) is 4.79 Å². The highest BCUT2D eigenvalue weighted by molar-refractivity contribution is 6.31. The van der Waals surface area contributed by atoms with E-state index in [1.54, 1.807) is 44.4 Å². The number of ether oxygens (including phenoxy) is 3. The van der Waals surface area contributed by atoms with Crippen molar-refractivity contribution in [3.05, 3.63) is 47.0 Å². The highest BCUT2D eigenvalue weighted by Crippen LogP contribution is 2.49. The van der Waals surface area contributed by atoms with Gasteiger partial charge in [0, 0.05) is 17.1 Å². The fourth-order valence-electron chi connectivity index (χ4n) is 4.31. The van der Waals surface area contributed by atoms with Crippen LogP contribution in [0.2, 0.25) is 5.02 Å². The highest BCUT2D eigenvalue weighted by Gasteiger charge is 2.51. The Morgan fingerprint density at radius 3 is 2.54 bits per heavy atom. The van der Waals surface area contributed by atoms with Gasteiger partial charge in [-0.2, -0.15) is 0 Å². The SMILES string of the molecule is COc1ccc(Cl)cc1N1C(=O)[C@@H]2CCCN2[C@H]1c1cccc(OC)c1OC. The van der Waals surface area contributed by atoms with Gasteiger partial charge in [0.25, 0.3) is 0 Å². The molecule has 0 N–H and O–H groups in total. The smallest absolute Gasteiger partial charge is 0.246 e. The molecule has 0 aliphatic carbocycles. The zero-order valence-electron chi connectivity index (χ0n) is 16.1. The molecule has 0 unspecified atom stereocenters. The van der Waals surface area contributed by atoms with E-state index in [-0.39, 0.29) is 18.1 Å². The van der Waals surface area contributed by atoms with Crippen LogP contribution in [0.5, 0.6) is 17.2 Å². The molecule has 7 heteroatoms. The maximum atomic E-state index is 13.4. The number of hydrogen-bond acceptors (Lipinski definition) is 5. The molecule has 0 bridgehead atoms. The van der Waals surface area contributed by atoms with Crippen molar-refractivity contribution in [2.45, 2.75) is 25.0 Å². The van der Waals surface area contributed by atoms with Gasteiger partial charge in [0.05, 0.1) is 33.1 Å². The summed E-state index contributed by atoms with van der Waals surface area (Å²) in [6.45, 7) is 0.834. The monoisotopic (exact) mass is 402 g/mol. The average molecular weight is 403 g/mol. The van der Waals surface area contributed by atoms with Gasteiger partial charge < -0.3 is 14.2 Å². The van der Waals surface area contributed by atoms with E-state index < -0.39 is 0 Å². The second-order valence-electron chi connectivity index (χ2n) is 6.88. The van der Waals surface area contributed by atoms with Crippen molar-refractivity contribution in [3.8, 4) is 17.2 Å². The standard InChI is InChI=1S/C21H23ClN2O4/c1-26-17-10-9-13(22)12-16(17)24-20(23-11-5-7-15(23)21(24)25)14-6-4-8-18(27-2)19(14)28-3/h4,6,8-10,12,15,20H,5,7,11H2,1-3H3/t15-,20+/m0/s1. The summed E-state index contributed by atoms with van der Waals surface area (Å²) in [6, 6.07) is 10.9. The van der Waals surface area contributed by atoms with Gasteiger partial charge in [0.15, 0.2) is 11.5 Å². The number of rotatable bonds is 5. The van der Waals surface area contributed by atoms with E-state index in [4.69, 9.17) is 25.8 Å². The first-order valence-corrected chi connectivity index (χ1v) is 9.61. The van der Waals surface area contributed by atoms with E-state index in [1.165, 1.54) is 0 Å². The minimum Gasteiger partial charge on any atom is -0.495 e. The number of benzene rings is 2. The van der Waals surface area contributed by atoms with Crippen LogP contribution < -0.4 is 19.1 Å². The van der Waals surface area contributed by atoms with Crippen molar-refractivity contribution < 1.29 is 19.0 Å². The molecule has 2 saturated heterocycles. The summed E-state index contributed by atoms with van der Waals surface area (Å²) in [7, 11) is 4.82. The molecule has 0 radical (unpaired) electrons. The fourth-order valence-corrected chi connectivity index (χ4v) is 4.48. The number of para-hydroxylation sites is 1. The Hall–Kier alpha value is -2.44. The van der Waals surface area contributed by atoms with E-state index in [0.29, 0.717) is 28.0 Å². The lowest BCUT2D eigenvalue weighted by molar-refractivity contribution is -0.119. The maximum absolute atomic E-state index is 13.4. The number of anilines is 1. The van der Waals surface area contributed by atoms with Gasteiger partial charge in [-0.1, -0.05) is 23.7 Å². The Labute approximate surface area is 169 Å². The largest absolute Gasteiger partial charge is 0.495 e. The van der Waals surface area contributed by atoms with Gasteiger partial charge in [0.2, 0.25) is 5.91 Å². The zero-order chi connectivity index (χ0) is 19.8. The van der Waals surface area contributed by atoms with Crippen LogP contribution in [-0.4, -0.2) is 44.7 Å². The van der Waals surface area contributed by atoms with Gasteiger partial charge in [-0.3, -0.25) is 14.6 Å². The average Bonchev–Trinajstić information content (AvgIpc) is 3.29. The first-order valence-electron chi connectivity index (χ1n) is 9.24. The molecular weight excluding hydrogens is 380 g/mol. The summed E-state index contributed by atoms with van der Waals surface area (Å²) < 4.78 is 16.7. The summed E-state index contributed by atoms with van der Waals surface area (Å²) in [5.74, 6) is 1.91. The third-order valence-electron chi connectivity index (χ3n) is 5.49. The van der Waals surface area contributed by atoms with Gasteiger partial charge >= 0.3 is 0 Å². The van der Waals surface area contributed by atoms with Crippen molar-refractivity contribution in [2.24, 2.45) is 0 Å². The van der Waals surface area contributed by atoms with E-state index in [2.05, 4.69) is 4.90 Å². The molecule has 2 fully saturated rings. The zero-order valence-corrected chi connectivity index (χ0v) is 16.9. The predicted octanol–water partition coefficient (Wildman–Crippen LogP) is 3.88. The Morgan fingerprint density at radius 2 is 1.82 bits per heavy atom. The van der Waals surface area contributed by atoms with Crippen molar-refractivity contribution in [1.82, 2.24) is 4.90 Å². The summed E-state index contributed by atoms with van der Waals surface area (Å²) in [5.41, 5.74) is 1.53. The van der Waals surface area contributed by atoms with Crippen LogP contribution in [0.1, 0.15) is 24.6 Å². The number of halogens is 1. The number of nitrogens with zero attached hydrogens (tertiary/aromatic N) is 2. The molecule has 2 atom stereocenters. The molecule has 6 nitrogen and oxygen atoms in total. The molecular formula is C21H23ClN2O4. The summed E-state index contributed by atoms with van der Waals surface area (Å²) in [5, 5.41) is 0.548. The second-order valence-corrected chi connectivity index (χ2v) is 7.31. The van der Waals surface area contributed by atoms with E-state index >= 15 is 0 Å². The Balaban J connectivity index is 1.91. The minimum atomic E-state index is -0.322. The van der Waals surface area contributed by atoms with Gasteiger partial charge in [-0.15, -0.1) is 0 Å². The van der Waals surface area contributed by atoms with Crippen LogP contribution in [0.3, 0.4) is 0 Å². The topological polar surface area (TPSA) is 51.2 Å². The molecule has 28 heavy (non-hydrogen) atoms. The summed E-state index contributed by atoms with van der Waals surface area (Å²) in [6.07, 6.45) is 1.50. The maximum Gasteiger partial charge on any atom is 0.246 e. The van der Waals surface area contributed by atoms with Gasteiger partial charge in [-0.05, 0) is 37.1 Å². The number of hydrogen-bond donors (Lipinski definition) is 0. The third-order valence-corrected chi connectivity index (χ3v) is 5.72. The van der Waals surface area contributed by atoms with E-state index in [0.717, 1.165) is 24.9 Å². The van der Waals surface area contributed by atoms with Crippen molar-refractivity contribution >= 4 is 23.2 Å². The Morgan fingerprint density at radius 1 is 1.04 bits per heavy atom. The number of amides is 1. The number of carbonyl (C=O) groups is 1. The lowest BCUT2D eigenvalue weighted by Crippen LogP contribution is -2.33. The molecule has 0 spiro atoms. The Kier molecular flexibility index (Phi) is 5.08. The second kappa shape index (κ2) is 7.53. The number of carbonyl (C=O) groups excluding carboxylic acids is 1. The molecule has 2 aliphatic heterocycles. The van der Waals surface area contributed by atoms with Crippen LogP contribution in [0.4, 0.5) is 5.69 Å². The molecule has 2 aliphatic rings. The van der Waals surface area contributed by atoms with Gasteiger partial charge in [-0.25, -0.2) is 0 Å². The molecule has 2 heterocycles.